The summed E-state index contributed by atoms with van der Waals surface area (Å²) in [5.41, 5.74) is 5.62. The average molecular weight is 187 g/mol. The van der Waals surface area contributed by atoms with Crippen LogP contribution in [0.15, 0.2) is 0 Å². The number of esters is 1. The van der Waals surface area contributed by atoms with E-state index in [1.165, 1.54) is 7.11 Å². The molecule has 0 spiro atoms. The van der Waals surface area contributed by atoms with E-state index in [9.17, 15) is 4.79 Å². The number of hydrogen-bond donors (Lipinski definition) is 2. The number of carbonyl (C=O) groups excluding carboxylic acids is 1. The third-order valence-electron chi connectivity index (χ3n) is 2.17. The van der Waals surface area contributed by atoms with Gasteiger partial charge in [0.2, 0.25) is 0 Å². The topological polar surface area (TPSA) is 67.6 Å². The number of piperazine rings is 1. The highest BCUT2D eigenvalue weighted by Crippen LogP contribution is 1.94. The molecule has 0 radical (unpaired) electrons. The van der Waals surface area contributed by atoms with Crippen LogP contribution in [0.25, 0.3) is 0 Å². The summed E-state index contributed by atoms with van der Waals surface area (Å²) in [6, 6.07) is -0.511. The van der Waals surface area contributed by atoms with Crippen molar-refractivity contribution in [1.82, 2.24) is 10.2 Å². The molecule has 1 fully saturated rings. The minimum absolute atomic E-state index is 0.335. The van der Waals surface area contributed by atoms with Gasteiger partial charge in [0.15, 0.2) is 0 Å². The fraction of sp³-hybridized carbons (Fsp3) is 0.875. The lowest BCUT2D eigenvalue weighted by Gasteiger charge is -2.28. The Hall–Kier alpha value is -0.650. The molecular weight excluding hydrogens is 170 g/mol. The molecule has 1 aliphatic heterocycles. The Balaban J connectivity index is 2.25. The molecule has 0 aromatic heterocycles. The Morgan fingerprint density at radius 1 is 1.62 bits per heavy atom. The van der Waals surface area contributed by atoms with E-state index < -0.39 is 6.04 Å². The van der Waals surface area contributed by atoms with Gasteiger partial charge in [0.05, 0.1) is 7.11 Å². The Morgan fingerprint density at radius 3 is 2.77 bits per heavy atom. The molecule has 1 atom stereocenters. The van der Waals surface area contributed by atoms with E-state index in [2.05, 4.69) is 15.0 Å². The summed E-state index contributed by atoms with van der Waals surface area (Å²) in [6.07, 6.45) is 0. The van der Waals surface area contributed by atoms with Crippen LogP contribution in [-0.4, -0.2) is 56.7 Å². The molecule has 1 unspecified atom stereocenters. The Kier molecular flexibility index (Phi) is 4.14. The van der Waals surface area contributed by atoms with Crippen molar-refractivity contribution < 1.29 is 9.53 Å². The van der Waals surface area contributed by atoms with Crippen LogP contribution >= 0.6 is 0 Å². The number of nitrogens with one attached hydrogen (secondary N) is 1. The summed E-state index contributed by atoms with van der Waals surface area (Å²) in [6.45, 7) is 4.42. The highest BCUT2D eigenvalue weighted by Gasteiger charge is 2.18. The highest BCUT2D eigenvalue weighted by atomic mass is 16.5. The van der Waals surface area contributed by atoms with E-state index in [1.54, 1.807) is 0 Å². The molecule has 0 bridgehead atoms. The smallest absolute Gasteiger partial charge is 0.323 e. The molecule has 0 saturated carbocycles. The van der Waals surface area contributed by atoms with Crippen LogP contribution in [0.1, 0.15) is 0 Å². The standard InChI is InChI=1S/C8H17N3O2/c1-13-8(12)7(9)6-11-4-2-10-3-5-11/h7,10H,2-6,9H2,1H3. The predicted molar refractivity (Wildman–Crippen MR) is 49.3 cm³/mol. The van der Waals surface area contributed by atoms with Gasteiger partial charge in [-0.1, -0.05) is 0 Å². The maximum Gasteiger partial charge on any atom is 0.323 e. The molecule has 1 aliphatic rings. The molecule has 3 N–H and O–H groups in total. The van der Waals surface area contributed by atoms with Gasteiger partial charge in [0.25, 0.3) is 0 Å². The molecular formula is C8H17N3O2. The van der Waals surface area contributed by atoms with Gasteiger partial charge in [-0.2, -0.15) is 0 Å². The van der Waals surface area contributed by atoms with E-state index in [1.807, 2.05) is 0 Å². The van der Waals surface area contributed by atoms with Crippen molar-refractivity contribution in [3.8, 4) is 0 Å². The Labute approximate surface area is 78.2 Å². The predicted octanol–water partition coefficient (Wildman–Crippen LogP) is -1.61. The van der Waals surface area contributed by atoms with Crippen LogP contribution in [0.4, 0.5) is 0 Å². The molecule has 0 aliphatic carbocycles. The van der Waals surface area contributed by atoms with Gasteiger partial charge in [0.1, 0.15) is 6.04 Å². The fourth-order valence-corrected chi connectivity index (χ4v) is 1.40. The van der Waals surface area contributed by atoms with Crippen LogP contribution in [0, 0.1) is 0 Å². The summed E-state index contributed by atoms with van der Waals surface area (Å²) in [5.74, 6) is -0.335. The summed E-state index contributed by atoms with van der Waals surface area (Å²) >= 11 is 0. The second kappa shape index (κ2) is 5.16. The van der Waals surface area contributed by atoms with E-state index in [0.29, 0.717) is 6.54 Å². The molecule has 5 nitrogen and oxygen atoms in total. The zero-order chi connectivity index (χ0) is 9.68. The van der Waals surface area contributed by atoms with Crippen molar-refractivity contribution in [2.45, 2.75) is 6.04 Å². The van der Waals surface area contributed by atoms with Crippen molar-refractivity contribution in [1.29, 1.82) is 0 Å². The Morgan fingerprint density at radius 2 is 2.23 bits per heavy atom. The molecule has 0 amide bonds. The van der Waals surface area contributed by atoms with Crippen molar-refractivity contribution in [2.24, 2.45) is 5.73 Å². The lowest BCUT2D eigenvalue weighted by molar-refractivity contribution is -0.142. The second-order valence-electron chi connectivity index (χ2n) is 3.18. The molecule has 76 valence electrons. The number of carbonyl (C=O) groups is 1. The fourth-order valence-electron chi connectivity index (χ4n) is 1.40. The van der Waals surface area contributed by atoms with Gasteiger partial charge in [0, 0.05) is 32.7 Å². The lowest BCUT2D eigenvalue weighted by Crippen LogP contribution is -2.50. The molecule has 0 aromatic rings. The number of hydrogen-bond acceptors (Lipinski definition) is 5. The summed E-state index contributed by atoms with van der Waals surface area (Å²) < 4.78 is 4.55. The van der Waals surface area contributed by atoms with Gasteiger partial charge in [-0.05, 0) is 0 Å². The number of ether oxygens (including phenoxy) is 1. The molecule has 13 heavy (non-hydrogen) atoms. The second-order valence-corrected chi connectivity index (χ2v) is 3.18. The molecule has 1 rings (SSSR count). The van der Waals surface area contributed by atoms with Crippen molar-refractivity contribution in [3.63, 3.8) is 0 Å². The number of methoxy groups -OCH3 is 1. The Bertz CT molecular complexity index is 169. The van der Waals surface area contributed by atoms with E-state index in [-0.39, 0.29) is 5.97 Å². The van der Waals surface area contributed by atoms with Crippen LogP contribution < -0.4 is 11.1 Å². The van der Waals surface area contributed by atoms with Crippen molar-refractivity contribution in [3.05, 3.63) is 0 Å². The van der Waals surface area contributed by atoms with Gasteiger partial charge in [-0.25, -0.2) is 0 Å². The van der Waals surface area contributed by atoms with Crippen LogP contribution in [0.5, 0.6) is 0 Å². The summed E-state index contributed by atoms with van der Waals surface area (Å²) in [4.78, 5) is 13.2. The normalized spacial score (nSPS) is 21.1. The quantitative estimate of drug-likeness (QED) is 0.520. The summed E-state index contributed by atoms with van der Waals surface area (Å²) in [5, 5.41) is 3.23. The first-order valence-corrected chi connectivity index (χ1v) is 4.50. The average Bonchev–Trinajstić information content (AvgIpc) is 2.18. The zero-order valence-corrected chi connectivity index (χ0v) is 7.95. The number of nitrogens with two attached hydrogens (primary N) is 1. The van der Waals surface area contributed by atoms with Crippen LogP contribution in [-0.2, 0) is 9.53 Å². The first-order chi connectivity index (χ1) is 6.24. The van der Waals surface area contributed by atoms with Crippen LogP contribution in [0.3, 0.4) is 0 Å². The molecule has 1 saturated heterocycles. The SMILES string of the molecule is COC(=O)C(N)CN1CCNCC1. The van der Waals surface area contributed by atoms with Gasteiger partial charge < -0.3 is 15.8 Å². The van der Waals surface area contributed by atoms with E-state index in [0.717, 1.165) is 26.2 Å². The van der Waals surface area contributed by atoms with Crippen molar-refractivity contribution in [2.75, 3.05) is 39.8 Å². The highest BCUT2D eigenvalue weighted by molar-refractivity contribution is 5.75. The minimum Gasteiger partial charge on any atom is -0.468 e. The molecule has 1 heterocycles. The summed E-state index contributed by atoms with van der Waals surface area (Å²) in [7, 11) is 1.36. The van der Waals surface area contributed by atoms with Gasteiger partial charge in [-0.3, -0.25) is 9.69 Å². The largest absolute Gasteiger partial charge is 0.468 e. The minimum atomic E-state index is -0.511. The van der Waals surface area contributed by atoms with Gasteiger partial charge >= 0.3 is 5.97 Å². The monoisotopic (exact) mass is 187 g/mol. The number of nitrogens with zero attached hydrogens (tertiary/aromatic N) is 1. The molecule has 5 heteroatoms. The first-order valence-electron chi connectivity index (χ1n) is 4.50. The maximum atomic E-state index is 11.0. The molecule has 0 aromatic carbocycles. The van der Waals surface area contributed by atoms with Crippen LogP contribution in [0.2, 0.25) is 0 Å². The lowest BCUT2D eigenvalue weighted by atomic mass is 10.2. The van der Waals surface area contributed by atoms with Gasteiger partial charge in [-0.15, -0.1) is 0 Å². The zero-order valence-electron chi connectivity index (χ0n) is 7.95. The number of rotatable bonds is 3. The first kappa shape index (κ1) is 10.4. The third-order valence-corrected chi connectivity index (χ3v) is 2.17. The third kappa shape index (κ3) is 3.30. The maximum absolute atomic E-state index is 11.0. The van der Waals surface area contributed by atoms with E-state index >= 15 is 0 Å². The van der Waals surface area contributed by atoms with Crippen molar-refractivity contribution >= 4 is 5.97 Å². The van der Waals surface area contributed by atoms with E-state index in [4.69, 9.17) is 5.73 Å².